The van der Waals surface area contributed by atoms with Crippen molar-refractivity contribution in [3.63, 3.8) is 0 Å². The monoisotopic (exact) mass is 215 g/mol. The molecule has 1 rings (SSSR count). The van der Waals surface area contributed by atoms with E-state index in [2.05, 4.69) is 4.74 Å². The molecule has 4 nitrogen and oxygen atoms in total. The summed E-state index contributed by atoms with van der Waals surface area (Å²) in [6, 6.07) is 3.51. The summed E-state index contributed by atoms with van der Waals surface area (Å²) in [5.74, 6) is 4.81. The second-order valence-electron chi connectivity index (χ2n) is 3.28. The van der Waals surface area contributed by atoms with Gasteiger partial charge in [-0.15, -0.1) is 11.3 Å². The standard InChI is InChI=1S/C9H13NO3S/c1-9(2,13-10)7-5-4-6(14-7)8(11)12-3/h4-5H,10H2,1-3H3. The predicted octanol–water partition coefficient (Wildman–Crippen LogP) is 1.66. The number of ether oxygens (including phenoxy) is 1. The van der Waals surface area contributed by atoms with E-state index < -0.39 is 5.60 Å². The number of nitrogens with two attached hydrogens (primary N) is 1. The van der Waals surface area contributed by atoms with E-state index in [4.69, 9.17) is 10.7 Å². The Kier molecular flexibility index (Phi) is 3.25. The highest BCUT2D eigenvalue weighted by molar-refractivity contribution is 7.14. The molecule has 5 heteroatoms. The van der Waals surface area contributed by atoms with Gasteiger partial charge < -0.3 is 4.74 Å². The van der Waals surface area contributed by atoms with Gasteiger partial charge in [0.25, 0.3) is 0 Å². The number of hydrogen-bond acceptors (Lipinski definition) is 5. The second-order valence-corrected chi connectivity index (χ2v) is 4.37. The summed E-state index contributed by atoms with van der Waals surface area (Å²) >= 11 is 1.32. The Morgan fingerprint density at radius 2 is 2.14 bits per heavy atom. The number of hydrogen-bond donors (Lipinski definition) is 1. The first kappa shape index (κ1) is 11.2. The largest absolute Gasteiger partial charge is 0.465 e. The zero-order chi connectivity index (χ0) is 10.8. The first-order valence-electron chi connectivity index (χ1n) is 4.08. The van der Waals surface area contributed by atoms with Crippen LogP contribution in [0.5, 0.6) is 0 Å². The van der Waals surface area contributed by atoms with Crippen molar-refractivity contribution in [2.24, 2.45) is 5.90 Å². The summed E-state index contributed by atoms with van der Waals surface area (Å²) in [7, 11) is 1.35. The minimum atomic E-state index is -0.572. The second kappa shape index (κ2) is 4.08. The summed E-state index contributed by atoms with van der Waals surface area (Å²) < 4.78 is 4.60. The van der Waals surface area contributed by atoms with E-state index in [-0.39, 0.29) is 5.97 Å². The number of rotatable bonds is 3. The third kappa shape index (κ3) is 2.12. The normalized spacial score (nSPS) is 11.4. The van der Waals surface area contributed by atoms with Crippen molar-refractivity contribution < 1.29 is 14.4 Å². The molecule has 1 heterocycles. The molecule has 0 aliphatic rings. The van der Waals surface area contributed by atoms with E-state index in [0.717, 1.165) is 4.88 Å². The molecule has 0 atom stereocenters. The molecule has 0 radical (unpaired) electrons. The average Bonchev–Trinajstić information content (AvgIpc) is 2.66. The first-order valence-corrected chi connectivity index (χ1v) is 4.89. The van der Waals surface area contributed by atoms with Gasteiger partial charge in [-0.2, -0.15) is 0 Å². The highest BCUT2D eigenvalue weighted by atomic mass is 32.1. The number of thiophene rings is 1. The van der Waals surface area contributed by atoms with Gasteiger partial charge in [0.1, 0.15) is 10.5 Å². The molecule has 1 aromatic heterocycles. The van der Waals surface area contributed by atoms with Crippen LogP contribution in [0.2, 0.25) is 0 Å². The van der Waals surface area contributed by atoms with Crippen molar-refractivity contribution in [2.45, 2.75) is 19.4 Å². The summed E-state index contributed by atoms with van der Waals surface area (Å²) in [5, 5.41) is 0. The van der Waals surface area contributed by atoms with Crippen LogP contribution >= 0.6 is 11.3 Å². The van der Waals surface area contributed by atoms with E-state index in [0.29, 0.717) is 4.88 Å². The van der Waals surface area contributed by atoms with Gasteiger partial charge in [-0.05, 0) is 26.0 Å². The first-order chi connectivity index (χ1) is 6.51. The van der Waals surface area contributed by atoms with Crippen molar-refractivity contribution >= 4 is 17.3 Å². The van der Waals surface area contributed by atoms with E-state index in [1.165, 1.54) is 18.4 Å². The van der Waals surface area contributed by atoms with Crippen LogP contribution in [0.4, 0.5) is 0 Å². The third-order valence-corrected chi connectivity index (χ3v) is 3.25. The van der Waals surface area contributed by atoms with E-state index >= 15 is 0 Å². The van der Waals surface area contributed by atoms with Crippen LogP contribution < -0.4 is 5.90 Å². The van der Waals surface area contributed by atoms with Crippen molar-refractivity contribution in [1.29, 1.82) is 0 Å². The molecule has 0 aliphatic carbocycles. The van der Waals surface area contributed by atoms with Crippen molar-refractivity contribution in [3.05, 3.63) is 21.9 Å². The molecule has 1 aromatic rings. The molecule has 2 N–H and O–H groups in total. The van der Waals surface area contributed by atoms with Crippen LogP contribution in [0, 0.1) is 0 Å². The Morgan fingerprint density at radius 1 is 1.50 bits per heavy atom. The Morgan fingerprint density at radius 3 is 2.64 bits per heavy atom. The zero-order valence-corrected chi connectivity index (χ0v) is 9.18. The molecule has 0 unspecified atom stereocenters. The number of carbonyl (C=O) groups excluding carboxylic acids is 1. The maximum absolute atomic E-state index is 11.2. The summed E-state index contributed by atoms with van der Waals surface area (Å²) in [4.78, 5) is 17.4. The Balaban J connectivity index is 2.93. The van der Waals surface area contributed by atoms with Gasteiger partial charge in [-0.1, -0.05) is 0 Å². The van der Waals surface area contributed by atoms with Gasteiger partial charge in [-0.3, -0.25) is 4.84 Å². The molecular formula is C9H13NO3S. The molecule has 14 heavy (non-hydrogen) atoms. The summed E-state index contributed by atoms with van der Waals surface area (Å²) in [5.41, 5.74) is -0.572. The Labute approximate surface area is 86.6 Å². The molecule has 0 fully saturated rings. The predicted molar refractivity (Wildman–Crippen MR) is 54.0 cm³/mol. The Bertz CT molecular complexity index is 333. The fourth-order valence-corrected chi connectivity index (χ4v) is 1.90. The average molecular weight is 215 g/mol. The summed E-state index contributed by atoms with van der Waals surface area (Å²) in [6.07, 6.45) is 0. The summed E-state index contributed by atoms with van der Waals surface area (Å²) in [6.45, 7) is 3.67. The van der Waals surface area contributed by atoms with Crippen molar-refractivity contribution in [1.82, 2.24) is 0 Å². The molecule has 78 valence electrons. The topological polar surface area (TPSA) is 61.5 Å². The SMILES string of the molecule is COC(=O)c1ccc(C(C)(C)ON)s1. The van der Waals surface area contributed by atoms with Crippen LogP contribution in [-0.4, -0.2) is 13.1 Å². The lowest BCUT2D eigenvalue weighted by Gasteiger charge is -2.19. The van der Waals surface area contributed by atoms with E-state index in [1.54, 1.807) is 6.07 Å². The minimum absolute atomic E-state index is 0.339. The maximum Gasteiger partial charge on any atom is 0.348 e. The van der Waals surface area contributed by atoms with Crippen LogP contribution in [0.1, 0.15) is 28.4 Å². The van der Waals surface area contributed by atoms with E-state index in [9.17, 15) is 4.79 Å². The van der Waals surface area contributed by atoms with Gasteiger partial charge >= 0.3 is 5.97 Å². The minimum Gasteiger partial charge on any atom is -0.465 e. The quantitative estimate of drug-likeness (QED) is 0.615. The molecule has 0 aliphatic heterocycles. The highest BCUT2D eigenvalue weighted by Gasteiger charge is 2.24. The van der Waals surface area contributed by atoms with Crippen LogP contribution in [0.15, 0.2) is 12.1 Å². The number of methoxy groups -OCH3 is 1. The fourth-order valence-electron chi connectivity index (χ4n) is 0.930. The third-order valence-electron chi connectivity index (χ3n) is 1.88. The molecule has 0 spiro atoms. The lowest BCUT2D eigenvalue weighted by Crippen LogP contribution is -2.23. The lowest BCUT2D eigenvalue weighted by molar-refractivity contribution is -0.0208. The van der Waals surface area contributed by atoms with Gasteiger partial charge in [0.2, 0.25) is 0 Å². The van der Waals surface area contributed by atoms with Gasteiger partial charge in [0, 0.05) is 4.88 Å². The molecular weight excluding hydrogens is 202 g/mol. The zero-order valence-electron chi connectivity index (χ0n) is 8.37. The number of esters is 1. The van der Waals surface area contributed by atoms with Gasteiger partial charge in [0.15, 0.2) is 0 Å². The molecule has 0 bridgehead atoms. The molecule has 0 aromatic carbocycles. The molecule has 0 saturated heterocycles. The van der Waals surface area contributed by atoms with Crippen LogP contribution in [0.25, 0.3) is 0 Å². The maximum atomic E-state index is 11.2. The van der Waals surface area contributed by atoms with Crippen LogP contribution in [0.3, 0.4) is 0 Å². The smallest absolute Gasteiger partial charge is 0.348 e. The van der Waals surface area contributed by atoms with Gasteiger partial charge in [0.05, 0.1) is 7.11 Å². The molecule has 0 amide bonds. The van der Waals surface area contributed by atoms with Crippen molar-refractivity contribution in [3.8, 4) is 0 Å². The highest BCUT2D eigenvalue weighted by Crippen LogP contribution is 2.30. The van der Waals surface area contributed by atoms with Crippen molar-refractivity contribution in [2.75, 3.05) is 7.11 Å². The van der Waals surface area contributed by atoms with E-state index in [1.807, 2.05) is 19.9 Å². The van der Waals surface area contributed by atoms with Gasteiger partial charge in [-0.25, -0.2) is 10.7 Å². The fraction of sp³-hybridized carbons (Fsp3) is 0.444. The van der Waals surface area contributed by atoms with Crippen LogP contribution in [-0.2, 0) is 15.2 Å². The Hall–Kier alpha value is -0.910. The number of carbonyl (C=O) groups is 1. The lowest BCUT2D eigenvalue weighted by atomic mass is 10.1. The molecule has 0 saturated carbocycles.